The Kier molecular flexibility index (Phi) is 4.10. The first-order chi connectivity index (χ1) is 11.1. The van der Waals surface area contributed by atoms with Crippen LogP contribution in [0, 0.1) is 11.6 Å². The van der Waals surface area contributed by atoms with E-state index in [-0.39, 0.29) is 12.1 Å². The summed E-state index contributed by atoms with van der Waals surface area (Å²) < 4.78 is 26.3. The second-order valence-electron chi connectivity index (χ2n) is 5.44. The molecule has 1 aliphatic rings. The standard InChI is InChI=1S/C18H16F2N2O/c1-12(13-5-3-2-4-6-13)22-10-9-17(21-18(22)23)14-7-8-15(19)16(20)11-14/h2-12,17H,1H3,(H,21,23). The monoisotopic (exact) mass is 314 g/mol. The topological polar surface area (TPSA) is 32.3 Å². The number of carbonyl (C=O) groups excluding carboxylic acids is 1. The number of rotatable bonds is 3. The Bertz CT molecular complexity index is 746. The molecule has 2 amide bonds. The van der Waals surface area contributed by atoms with Crippen molar-refractivity contribution in [1.82, 2.24) is 10.2 Å². The van der Waals surface area contributed by atoms with Crippen LogP contribution in [0.2, 0.25) is 0 Å². The van der Waals surface area contributed by atoms with Crippen LogP contribution >= 0.6 is 0 Å². The van der Waals surface area contributed by atoms with Gasteiger partial charge in [0.05, 0.1) is 12.1 Å². The molecule has 0 aliphatic carbocycles. The van der Waals surface area contributed by atoms with E-state index in [2.05, 4.69) is 5.32 Å². The highest BCUT2D eigenvalue weighted by Crippen LogP contribution is 2.26. The number of carbonyl (C=O) groups is 1. The van der Waals surface area contributed by atoms with Crippen molar-refractivity contribution in [2.24, 2.45) is 0 Å². The number of urea groups is 1. The van der Waals surface area contributed by atoms with E-state index < -0.39 is 17.7 Å². The fourth-order valence-corrected chi connectivity index (χ4v) is 2.60. The van der Waals surface area contributed by atoms with Crippen molar-refractivity contribution < 1.29 is 13.6 Å². The summed E-state index contributed by atoms with van der Waals surface area (Å²) >= 11 is 0. The lowest BCUT2D eigenvalue weighted by molar-refractivity contribution is 0.196. The minimum atomic E-state index is -0.926. The zero-order valence-electron chi connectivity index (χ0n) is 12.5. The first-order valence-corrected chi connectivity index (χ1v) is 7.33. The fourth-order valence-electron chi connectivity index (χ4n) is 2.60. The summed E-state index contributed by atoms with van der Waals surface area (Å²) in [4.78, 5) is 13.9. The normalized spacial score (nSPS) is 18.7. The zero-order chi connectivity index (χ0) is 16.4. The first-order valence-electron chi connectivity index (χ1n) is 7.33. The predicted molar refractivity (Wildman–Crippen MR) is 83.5 cm³/mol. The van der Waals surface area contributed by atoms with Crippen LogP contribution in [0.1, 0.15) is 30.1 Å². The highest BCUT2D eigenvalue weighted by Gasteiger charge is 2.26. The lowest BCUT2D eigenvalue weighted by atomic mass is 10.0. The lowest BCUT2D eigenvalue weighted by Crippen LogP contribution is -2.42. The molecule has 3 rings (SSSR count). The second kappa shape index (κ2) is 6.20. The van der Waals surface area contributed by atoms with Gasteiger partial charge in [-0.15, -0.1) is 0 Å². The molecular weight excluding hydrogens is 298 g/mol. The van der Waals surface area contributed by atoms with Crippen LogP contribution < -0.4 is 5.32 Å². The van der Waals surface area contributed by atoms with Crippen molar-refractivity contribution >= 4 is 6.03 Å². The van der Waals surface area contributed by atoms with Gasteiger partial charge in [-0.3, -0.25) is 4.90 Å². The van der Waals surface area contributed by atoms with Crippen LogP contribution in [0.4, 0.5) is 13.6 Å². The molecule has 3 nitrogen and oxygen atoms in total. The Morgan fingerprint density at radius 2 is 1.83 bits per heavy atom. The molecule has 23 heavy (non-hydrogen) atoms. The Morgan fingerprint density at radius 1 is 1.09 bits per heavy atom. The van der Waals surface area contributed by atoms with E-state index in [9.17, 15) is 13.6 Å². The summed E-state index contributed by atoms with van der Waals surface area (Å²) in [7, 11) is 0. The predicted octanol–water partition coefficient (Wildman–Crippen LogP) is 4.31. The Balaban J connectivity index is 1.81. The fraction of sp³-hybridized carbons (Fsp3) is 0.167. The van der Waals surface area contributed by atoms with Crippen LogP contribution in [-0.2, 0) is 0 Å². The van der Waals surface area contributed by atoms with E-state index in [0.29, 0.717) is 5.56 Å². The molecule has 0 radical (unpaired) electrons. The van der Waals surface area contributed by atoms with Gasteiger partial charge in [0, 0.05) is 6.20 Å². The number of benzene rings is 2. The molecule has 2 aromatic rings. The molecule has 1 N–H and O–H groups in total. The summed E-state index contributed by atoms with van der Waals surface area (Å²) in [6.07, 6.45) is 3.44. The molecule has 0 spiro atoms. The smallest absolute Gasteiger partial charge is 0.322 e. The number of amides is 2. The third-order valence-electron chi connectivity index (χ3n) is 3.95. The van der Waals surface area contributed by atoms with Gasteiger partial charge in [0.1, 0.15) is 0 Å². The van der Waals surface area contributed by atoms with E-state index in [1.165, 1.54) is 6.07 Å². The number of hydrogen-bond acceptors (Lipinski definition) is 1. The quantitative estimate of drug-likeness (QED) is 0.900. The van der Waals surface area contributed by atoms with E-state index in [4.69, 9.17) is 0 Å². The zero-order valence-corrected chi connectivity index (χ0v) is 12.5. The van der Waals surface area contributed by atoms with Gasteiger partial charge >= 0.3 is 6.03 Å². The van der Waals surface area contributed by atoms with Crippen molar-refractivity contribution in [2.45, 2.75) is 19.0 Å². The van der Waals surface area contributed by atoms with Crippen molar-refractivity contribution in [3.63, 3.8) is 0 Å². The molecule has 118 valence electrons. The molecule has 5 heteroatoms. The van der Waals surface area contributed by atoms with E-state index in [1.54, 1.807) is 17.2 Å². The maximum Gasteiger partial charge on any atom is 0.322 e. The van der Waals surface area contributed by atoms with Crippen molar-refractivity contribution in [3.05, 3.63) is 83.6 Å². The van der Waals surface area contributed by atoms with Gasteiger partial charge in [0.2, 0.25) is 0 Å². The van der Waals surface area contributed by atoms with Gasteiger partial charge in [-0.2, -0.15) is 0 Å². The van der Waals surface area contributed by atoms with E-state index >= 15 is 0 Å². The third kappa shape index (κ3) is 3.08. The lowest BCUT2D eigenvalue weighted by Gasteiger charge is -2.32. The Labute approximate surface area is 133 Å². The average molecular weight is 314 g/mol. The van der Waals surface area contributed by atoms with Gasteiger partial charge in [0.15, 0.2) is 11.6 Å². The summed E-state index contributed by atoms with van der Waals surface area (Å²) in [5.41, 5.74) is 1.51. The third-order valence-corrected chi connectivity index (χ3v) is 3.95. The molecule has 0 saturated heterocycles. The summed E-state index contributed by atoms with van der Waals surface area (Å²) in [6.45, 7) is 1.93. The summed E-state index contributed by atoms with van der Waals surface area (Å²) in [5, 5.41) is 2.79. The molecule has 1 aliphatic heterocycles. The minimum absolute atomic E-state index is 0.127. The summed E-state index contributed by atoms with van der Waals surface area (Å²) in [5.74, 6) is -1.83. The number of nitrogens with zero attached hydrogens (tertiary/aromatic N) is 1. The van der Waals surface area contributed by atoms with Gasteiger partial charge in [-0.25, -0.2) is 13.6 Å². The first kappa shape index (κ1) is 15.2. The number of nitrogens with one attached hydrogen (secondary N) is 1. The van der Waals surface area contributed by atoms with Crippen molar-refractivity contribution in [1.29, 1.82) is 0 Å². The largest absolute Gasteiger partial charge is 0.327 e. The molecule has 2 atom stereocenters. The van der Waals surface area contributed by atoms with Crippen LogP contribution in [0.5, 0.6) is 0 Å². The molecule has 0 bridgehead atoms. The Morgan fingerprint density at radius 3 is 2.48 bits per heavy atom. The van der Waals surface area contributed by atoms with Gasteiger partial charge in [-0.05, 0) is 36.3 Å². The maximum absolute atomic E-state index is 13.3. The highest BCUT2D eigenvalue weighted by molar-refractivity contribution is 5.78. The van der Waals surface area contributed by atoms with Crippen LogP contribution in [-0.4, -0.2) is 10.9 Å². The molecule has 2 unspecified atom stereocenters. The van der Waals surface area contributed by atoms with Crippen LogP contribution in [0.15, 0.2) is 60.8 Å². The Hall–Kier alpha value is -2.69. The van der Waals surface area contributed by atoms with Gasteiger partial charge in [-0.1, -0.05) is 36.4 Å². The molecule has 0 fully saturated rings. The van der Waals surface area contributed by atoms with Gasteiger partial charge in [0.25, 0.3) is 0 Å². The van der Waals surface area contributed by atoms with Crippen molar-refractivity contribution in [3.8, 4) is 0 Å². The molecule has 0 aromatic heterocycles. The van der Waals surface area contributed by atoms with Crippen LogP contribution in [0.25, 0.3) is 0 Å². The molecule has 2 aromatic carbocycles. The van der Waals surface area contributed by atoms with E-state index in [0.717, 1.165) is 17.7 Å². The SMILES string of the molecule is CC(c1ccccc1)N1C=CC(c2ccc(F)c(F)c2)NC1=O. The van der Waals surface area contributed by atoms with Gasteiger partial charge < -0.3 is 5.32 Å². The average Bonchev–Trinajstić information content (AvgIpc) is 2.57. The molecular formula is C18H16F2N2O. The molecule has 1 heterocycles. The second-order valence-corrected chi connectivity index (χ2v) is 5.44. The minimum Gasteiger partial charge on any atom is -0.327 e. The number of halogens is 2. The van der Waals surface area contributed by atoms with E-state index in [1.807, 2.05) is 37.3 Å². The van der Waals surface area contributed by atoms with Crippen LogP contribution in [0.3, 0.4) is 0 Å². The highest BCUT2D eigenvalue weighted by atomic mass is 19.2. The van der Waals surface area contributed by atoms with Crippen molar-refractivity contribution in [2.75, 3.05) is 0 Å². The summed E-state index contributed by atoms with van der Waals surface area (Å²) in [6, 6.07) is 12.4. The maximum atomic E-state index is 13.3. The number of hydrogen-bond donors (Lipinski definition) is 1. The molecule has 0 saturated carbocycles.